The minimum atomic E-state index is -0.818. The molecule has 2 aromatic rings. The molecule has 0 aliphatic carbocycles. The molecule has 12 nitrogen and oxygen atoms in total. The molecule has 0 spiro atoms. The smallest absolute Gasteiger partial charge is 0.338 e. The molecular formula is C21H23N5O7. The second-order valence-electron chi connectivity index (χ2n) is 7.57. The molecule has 0 unspecified atom stereocenters. The van der Waals surface area contributed by atoms with Gasteiger partial charge in [0, 0.05) is 64.2 Å². The third-order valence-electron chi connectivity index (χ3n) is 5.27. The van der Waals surface area contributed by atoms with E-state index < -0.39 is 22.4 Å². The van der Waals surface area contributed by atoms with Crippen LogP contribution in [-0.4, -0.2) is 73.5 Å². The summed E-state index contributed by atoms with van der Waals surface area (Å²) in [5, 5.41) is 22.1. The Kier molecular flexibility index (Phi) is 7.06. The highest BCUT2D eigenvalue weighted by Gasteiger charge is 2.24. The molecule has 1 aliphatic rings. The normalized spacial score (nSPS) is 13.4. The molecule has 1 saturated heterocycles. The van der Waals surface area contributed by atoms with Crippen LogP contribution in [0.3, 0.4) is 0 Å². The zero-order valence-corrected chi connectivity index (χ0v) is 18.2. The van der Waals surface area contributed by atoms with Crippen molar-refractivity contribution in [2.45, 2.75) is 0 Å². The van der Waals surface area contributed by atoms with Crippen LogP contribution in [0, 0.1) is 20.2 Å². The van der Waals surface area contributed by atoms with Crippen LogP contribution in [-0.2, 0) is 9.53 Å². The monoisotopic (exact) mass is 457 g/mol. The van der Waals surface area contributed by atoms with Gasteiger partial charge in [0.05, 0.1) is 15.4 Å². The molecule has 0 saturated carbocycles. The summed E-state index contributed by atoms with van der Waals surface area (Å²) >= 11 is 0. The molecule has 1 aliphatic heterocycles. The highest BCUT2D eigenvalue weighted by molar-refractivity contribution is 5.93. The number of nitro benzene ring substituents is 2. The number of rotatable bonds is 7. The fourth-order valence-electron chi connectivity index (χ4n) is 3.48. The maximum absolute atomic E-state index is 12.5. The summed E-state index contributed by atoms with van der Waals surface area (Å²) in [6, 6.07) is 10.2. The second kappa shape index (κ2) is 9.94. The summed E-state index contributed by atoms with van der Waals surface area (Å²) in [4.78, 5) is 50.9. The summed E-state index contributed by atoms with van der Waals surface area (Å²) in [5.41, 5.74) is 0.933. The Hall–Kier alpha value is -4.22. The molecule has 1 heterocycles. The molecule has 3 rings (SSSR count). The number of piperazine rings is 1. The Balaban J connectivity index is 1.53. The lowest BCUT2D eigenvalue weighted by atomic mass is 10.1. The molecule has 0 atom stereocenters. The van der Waals surface area contributed by atoms with Gasteiger partial charge in [-0.25, -0.2) is 4.79 Å². The molecule has 0 bridgehead atoms. The number of hydrogen-bond donors (Lipinski definition) is 0. The predicted molar refractivity (Wildman–Crippen MR) is 120 cm³/mol. The molecule has 12 heteroatoms. The lowest BCUT2D eigenvalue weighted by Gasteiger charge is -2.36. The van der Waals surface area contributed by atoms with Crippen molar-refractivity contribution in [3.63, 3.8) is 0 Å². The number of amides is 1. The van der Waals surface area contributed by atoms with Gasteiger partial charge in [0.25, 0.3) is 17.3 Å². The molecule has 174 valence electrons. The van der Waals surface area contributed by atoms with E-state index in [1.54, 1.807) is 36.0 Å². The quantitative estimate of drug-likeness (QED) is 0.347. The third kappa shape index (κ3) is 5.53. The van der Waals surface area contributed by atoms with Gasteiger partial charge in [0.2, 0.25) is 0 Å². The first kappa shape index (κ1) is 23.4. The lowest BCUT2D eigenvalue weighted by molar-refractivity contribution is -0.384. The topological polar surface area (TPSA) is 139 Å². The van der Waals surface area contributed by atoms with E-state index in [0.29, 0.717) is 31.9 Å². The van der Waals surface area contributed by atoms with Crippen LogP contribution in [0.15, 0.2) is 42.5 Å². The fraction of sp³-hybridized carbons (Fsp3) is 0.333. The number of esters is 1. The van der Waals surface area contributed by atoms with Gasteiger partial charge in [-0.2, -0.15) is 0 Å². The highest BCUT2D eigenvalue weighted by Crippen LogP contribution is 2.28. The molecule has 0 radical (unpaired) electrons. The first-order chi connectivity index (χ1) is 15.7. The SMILES string of the molecule is CN(C)c1ccc(C(=O)OCC(=O)N2CCN(c3ccc([N+](=O)[O-])cc3)CC2)cc1[N+](=O)[O-]. The number of carbonyl (C=O) groups is 2. The van der Waals surface area contributed by atoms with Gasteiger partial charge in [-0.05, 0) is 24.3 Å². The van der Waals surface area contributed by atoms with E-state index in [9.17, 15) is 29.8 Å². The Bertz CT molecular complexity index is 1060. The van der Waals surface area contributed by atoms with Gasteiger partial charge in [-0.15, -0.1) is 0 Å². The number of hydrogen-bond acceptors (Lipinski definition) is 9. The number of benzene rings is 2. The van der Waals surface area contributed by atoms with Crippen molar-refractivity contribution in [3.8, 4) is 0 Å². The molecular weight excluding hydrogens is 434 g/mol. The Morgan fingerprint density at radius 1 is 0.970 bits per heavy atom. The zero-order valence-electron chi connectivity index (χ0n) is 18.2. The largest absolute Gasteiger partial charge is 0.452 e. The van der Waals surface area contributed by atoms with E-state index in [2.05, 4.69) is 0 Å². The van der Waals surface area contributed by atoms with Crippen molar-refractivity contribution in [1.29, 1.82) is 0 Å². The maximum Gasteiger partial charge on any atom is 0.338 e. The van der Waals surface area contributed by atoms with Gasteiger partial charge in [0.15, 0.2) is 6.61 Å². The van der Waals surface area contributed by atoms with E-state index in [4.69, 9.17) is 4.74 Å². The number of non-ortho nitro benzene ring substituents is 1. The van der Waals surface area contributed by atoms with Gasteiger partial charge in [-0.3, -0.25) is 25.0 Å². The van der Waals surface area contributed by atoms with Gasteiger partial charge in [0.1, 0.15) is 5.69 Å². The lowest BCUT2D eigenvalue weighted by Crippen LogP contribution is -2.49. The number of carbonyl (C=O) groups excluding carboxylic acids is 2. The van der Waals surface area contributed by atoms with Crippen molar-refractivity contribution in [2.75, 3.05) is 56.7 Å². The zero-order chi connectivity index (χ0) is 24.1. The van der Waals surface area contributed by atoms with E-state index in [0.717, 1.165) is 11.8 Å². The van der Waals surface area contributed by atoms with Crippen molar-refractivity contribution in [2.24, 2.45) is 0 Å². The minimum absolute atomic E-state index is 0.0102. The molecule has 0 N–H and O–H groups in total. The van der Waals surface area contributed by atoms with E-state index in [-0.39, 0.29) is 22.8 Å². The average Bonchev–Trinajstić information content (AvgIpc) is 2.82. The second-order valence-corrected chi connectivity index (χ2v) is 7.57. The standard InChI is InChI=1S/C21H23N5O7/c1-22(2)18-8-3-15(13-19(18)26(31)32)21(28)33-14-20(27)24-11-9-23(10-12-24)16-4-6-17(7-5-16)25(29)30/h3-8,13H,9-12,14H2,1-2H3. The Morgan fingerprint density at radius 3 is 2.15 bits per heavy atom. The maximum atomic E-state index is 12.5. The highest BCUT2D eigenvalue weighted by atomic mass is 16.6. The van der Waals surface area contributed by atoms with E-state index in [1.807, 2.05) is 4.90 Å². The molecule has 1 amide bonds. The molecule has 2 aromatic carbocycles. The third-order valence-corrected chi connectivity index (χ3v) is 5.27. The first-order valence-electron chi connectivity index (χ1n) is 10.1. The summed E-state index contributed by atoms with van der Waals surface area (Å²) in [6.07, 6.45) is 0. The summed E-state index contributed by atoms with van der Waals surface area (Å²) in [7, 11) is 3.31. The molecule has 33 heavy (non-hydrogen) atoms. The minimum Gasteiger partial charge on any atom is -0.452 e. The van der Waals surface area contributed by atoms with Crippen LogP contribution in [0.2, 0.25) is 0 Å². The first-order valence-corrected chi connectivity index (χ1v) is 10.1. The van der Waals surface area contributed by atoms with Gasteiger partial charge < -0.3 is 19.4 Å². The van der Waals surface area contributed by atoms with Crippen molar-refractivity contribution in [1.82, 2.24) is 4.90 Å². The predicted octanol–water partition coefficient (Wildman–Crippen LogP) is 2.07. The molecule has 0 aromatic heterocycles. The number of nitro groups is 2. The summed E-state index contributed by atoms with van der Waals surface area (Å²) < 4.78 is 5.08. The van der Waals surface area contributed by atoms with Crippen LogP contribution in [0.4, 0.5) is 22.7 Å². The van der Waals surface area contributed by atoms with Crippen molar-refractivity contribution < 1.29 is 24.2 Å². The van der Waals surface area contributed by atoms with Crippen LogP contribution >= 0.6 is 0 Å². The Morgan fingerprint density at radius 2 is 1.61 bits per heavy atom. The van der Waals surface area contributed by atoms with Crippen LogP contribution < -0.4 is 9.80 Å². The average molecular weight is 457 g/mol. The van der Waals surface area contributed by atoms with E-state index >= 15 is 0 Å². The number of nitrogens with zero attached hydrogens (tertiary/aromatic N) is 5. The van der Waals surface area contributed by atoms with Crippen molar-refractivity contribution in [3.05, 3.63) is 68.3 Å². The number of anilines is 2. The Labute approximate surface area is 189 Å². The van der Waals surface area contributed by atoms with Gasteiger partial charge >= 0.3 is 5.97 Å². The molecule has 1 fully saturated rings. The van der Waals surface area contributed by atoms with Crippen LogP contribution in [0.1, 0.15) is 10.4 Å². The summed E-state index contributed by atoms with van der Waals surface area (Å²) in [5.74, 6) is -1.19. The van der Waals surface area contributed by atoms with Crippen LogP contribution in [0.5, 0.6) is 0 Å². The fourth-order valence-corrected chi connectivity index (χ4v) is 3.48. The van der Waals surface area contributed by atoms with E-state index in [1.165, 1.54) is 24.3 Å². The van der Waals surface area contributed by atoms with Crippen LogP contribution in [0.25, 0.3) is 0 Å². The number of ether oxygens (including phenoxy) is 1. The van der Waals surface area contributed by atoms with Crippen molar-refractivity contribution >= 4 is 34.6 Å². The van der Waals surface area contributed by atoms with Gasteiger partial charge in [-0.1, -0.05) is 0 Å². The summed E-state index contributed by atoms with van der Waals surface area (Å²) in [6.45, 7) is 1.37.